The molecule has 0 spiro atoms. The van der Waals surface area contributed by atoms with Crippen molar-refractivity contribution in [2.24, 2.45) is 0 Å². The fourth-order valence-electron chi connectivity index (χ4n) is 3.88. The molecule has 3 heterocycles. The van der Waals surface area contributed by atoms with Crippen molar-refractivity contribution in [3.63, 3.8) is 0 Å². The van der Waals surface area contributed by atoms with E-state index in [1.165, 1.54) is 21.8 Å². The molecular weight excluding hydrogens is 434 g/mol. The average molecular weight is 452 g/mol. The molecule has 6 nitrogen and oxygen atoms in total. The normalized spacial score (nSPS) is 15.6. The molecule has 5 rings (SSSR count). The van der Waals surface area contributed by atoms with Crippen LogP contribution in [0.3, 0.4) is 0 Å². The number of halogens is 1. The maximum absolute atomic E-state index is 13.5. The van der Waals surface area contributed by atoms with Gasteiger partial charge in [-0.2, -0.15) is 0 Å². The van der Waals surface area contributed by atoms with Crippen molar-refractivity contribution >= 4 is 44.9 Å². The van der Waals surface area contributed by atoms with Crippen LogP contribution < -0.4 is 10.3 Å². The highest BCUT2D eigenvalue weighted by molar-refractivity contribution is 7.15. The molecule has 0 radical (unpaired) electrons. The van der Waals surface area contributed by atoms with Crippen molar-refractivity contribution in [2.75, 3.05) is 4.90 Å². The van der Waals surface area contributed by atoms with Gasteiger partial charge in [0.15, 0.2) is 5.43 Å². The van der Waals surface area contributed by atoms with E-state index in [1.54, 1.807) is 18.2 Å². The molecule has 1 atom stereocenters. The maximum Gasteiger partial charge on any atom is 0.297 e. The monoisotopic (exact) mass is 451 g/mol. The lowest BCUT2D eigenvalue weighted by atomic mass is 9.97. The van der Waals surface area contributed by atoms with E-state index in [9.17, 15) is 9.59 Å². The molecule has 0 saturated heterocycles. The third-order valence-electron chi connectivity index (χ3n) is 5.50. The zero-order valence-corrected chi connectivity index (χ0v) is 18.5. The molecule has 2 aromatic carbocycles. The van der Waals surface area contributed by atoms with E-state index in [0.29, 0.717) is 33.1 Å². The Kier molecular flexibility index (Phi) is 4.87. The molecule has 31 heavy (non-hydrogen) atoms. The van der Waals surface area contributed by atoms with Gasteiger partial charge in [-0.3, -0.25) is 14.5 Å². The molecule has 0 saturated carbocycles. The number of amides is 1. The van der Waals surface area contributed by atoms with Crippen molar-refractivity contribution in [3.8, 4) is 0 Å². The Balaban J connectivity index is 1.78. The minimum Gasteiger partial charge on any atom is -0.450 e. The number of fused-ring (bicyclic) bond motifs is 2. The summed E-state index contributed by atoms with van der Waals surface area (Å²) in [6.07, 6.45) is 1.60. The first-order valence-electron chi connectivity index (χ1n) is 10.0. The van der Waals surface area contributed by atoms with Crippen molar-refractivity contribution in [2.45, 2.75) is 32.7 Å². The Hall–Kier alpha value is -3.03. The average Bonchev–Trinajstić information content (AvgIpc) is 3.37. The van der Waals surface area contributed by atoms with Gasteiger partial charge >= 0.3 is 0 Å². The van der Waals surface area contributed by atoms with Crippen LogP contribution in [0.5, 0.6) is 0 Å². The summed E-state index contributed by atoms with van der Waals surface area (Å²) in [5.41, 5.74) is 2.35. The van der Waals surface area contributed by atoms with Crippen LogP contribution in [0, 0.1) is 0 Å². The van der Waals surface area contributed by atoms with Crippen molar-refractivity contribution in [1.82, 2.24) is 10.2 Å². The van der Waals surface area contributed by atoms with Gasteiger partial charge in [-0.25, -0.2) is 0 Å². The van der Waals surface area contributed by atoms with E-state index >= 15 is 0 Å². The first-order chi connectivity index (χ1) is 15.0. The Morgan fingerprint density at radius 2 is 1.84 bits per heavy atom. The van der Waals surface area contributed by atoms with Gasteiger partial charge in [-0.05, 0) is 42.2 Å². The first kappa shape index (κ1) is 19.9. The van der Waals surface area contributed by atoms with Gasteiger partial charge in [0.2, 0.25) is 10.9 Å². The predicted molar refractivity (Wildman–Crippen MR) is 121 cm³/mol. The highest BCUT2D eigenvalue weighted by atomic mass is 35.5. The van der Waals surface area contributed by atoms with E-state index in [2.05, 4.69) is 17.1 Å². The van der Waals surface area contributed by atoms with Crippen molar-refractivity contribution in [1.29, 1.82) is 0 Å². The number of aromatic nitrogens is 2. The predicted octanol–water partition coefficient (Wildman–Crippen LogP) is 5.17. The topological polar surface area (TPSA) is 76.3 Å². The third kappa shape index (κ3) is 3.16. The summed E-state index contributed by atoms with van der Waals surface area (Å²) in [5.74, 6) is -0.357. The molecule has 4 aromatic rings. The SMILES string of the molecule is CCc1ccc(C2c3c(oc4ccc(Cl)cc4c3=O)C(=O)N2c2nnc(CC)s2)cc1. The van der Waals surface area contributed by atoms with E-state index in [1.807, 2.05) is 31.2 Å². The number of nitrogens with zero attached hydrogens (tertiary/aromatic N) is 3. The Bertz CT molecular complexity index is 1380. The van der Waals surface area contributed by atoms with Crippen LogP contribution in [0.2, 0.25) is 5.02 Å². The van der Waals surface area contributed by atoms with E-state index in [-0.39, 0.29) is 11.2 Å². The van der Waals surface area contributed by atoms with E-state index in [4.69, 9.17) is 16.0 Å². The number of rotatable bonds is 4. The molecule has 1 aliphatic heterocycles. The molecule has 1 unspecified atom stereocenters. The van der Waals surface area contributed by atoms with Gasteiger partial charge in [0.25, 0.3) is 5.91 Å². The van der Waals surface area contributed by atoms with E-state index < -0.39 is 11.9 Å². The standard InChI is InChI=1S/C23H18ClN3O3S/c1-3-12-5-7-13(8-6-12)19-18-20(28)15-11-14(24)9-10-16(15)30-21(18)22(29)27(19)23-26-25-17(4-2)31-23/h5-11,19H,3-4H2,1-2H3. The lowest BCUT2D eigenvalue weighted by Crippen LogP contribution is -2.29. The largest absolute Gasteiger partial charge is 0.450 e. The summed E-state index contributed by atoms with van der Waals surface area (Å²) < 4.78 is 5.94. The lowest BCUT2D eigenvalue weighted by molar-refractivity contribution is 0.0970. The van der Waals surface area contributed by atoms with Crippen LogP contribution in [0.15, 0.2) is 51.7 Å². The summed E-state index contributed by atoms with van der Waals surface area (Å²) in [6.45, 7) is 4.06. The molecule has 2 aromatic heterocycles. The van der Waals surface area contributed by atoms with Gasteiger partial charge in [0.1, 0.15) is 10.6 Å². The number of aryl methyl sites for hydroxylation is 2. The first-order valence-corrected chi connectivity index (χ1v) is 11.2. The number of carbonyl (C=O) groups excluding carboxylic acids is 1. The zero-order chi connectivity index (χ0) is 21.7. The molecule has 1 aliphatic rings. The number of hydrogen-bond acceptors (Lipinski definition) is 6. The quantitative estimate of drug-likeness (QED) is 0.427. The van der Waals surface area contributed by atoms with E-state index in [0.717, 1.165) is 17.0 Å². The van der Waals surface area contributed by atoms with Crippen molar-refractivity contribution in [3.05, 3.63) is 85.2 Å². The highest BCUT2D eigenvalue weighted by Gasteiger charge is 2.45. The van der Waals surface area contributed by atoms with Crippen LogP contribution in [0.1, 0.15) is 52.1 Å². The number of hydrogen-bond donors (Lipinski definition) is 0. The Morgan fingerprint density at radius 3 is 2.52 bits per heavy atom. The zero-order valence-electron chi connectivity index (χ0n) is 16.9. The molecular formula is C23H18ClN3O3S. The van der Waals surface area contributed by atoms with Crippen LogP contribution in [-0.2, 0) is 12.8 Å². The fraction of sp³-hybridized carbons (Fsp3) is 0.217. The van der Waals surface area contributed by atoms with Crippen LogP contribution >= 0.6 is 22.9 Å². The van der Waals surface area contributed by atoms with Crippen LogP contribution in [0.25, 0.3) is 11.0 Å². The third-order valence-corrected chi connectivity index (χ3v) is 6.80. The minimum absolute atomic E-state index is 0.0395. The maximum atomic E-state index is 13.5. The molecule has 0 bridgehead atoms. The Labute approximate surface area is 187 Å². The van der Waals surface area contributed by atoms with Gasteiger partial charge in [-0.15, -0.1) is 10.2 Å². The fourth-order valence-corrected chi connectivity index (χ4v) is 4.86. The van der Waals surface area contributed by atoms with Crippen LogP contribution in [0.4, 0.5) is 5.13 Å². The molecule has 0 aliphatic carbocycles. The second-order valence-corrected chi connectivity index (χ2v) is 8.80. The van der Waals surface area contributed by atoms with Gasteiger partial charge in [-0.1, -0.05) is 61.1 Å². The highest BCUT2D eigenvalue weighted by Crippen LogP contribution is 2.42. The van der Waals surface area contributed by atoms with Crippen LogP contribution in [-0.4, -0.2) is 16.1 Å². The number of anilines is 1. The van der Waals surface area contributed by atoms with Gasteiger partial charge in [0, 0.05) is 5.02 Å². The minimum atomic E-state index is -0.648. The van der Waals surface area contributed by atoms with Gasteiger partial charge < -0.3 is 4.42 Å². The molecule has 0 N–H and O–H groups in total. The molecule has 1 amide bonds. The summed E-state index contributed by atoms with van der Waals surface area (Å²) in [6, 6.07) is 12.1. The Morgan fingerprint density at radius 1 is 1.06 bits per heavy atom. The molecule has 8 heteroatoms. The second kappa shape index (κ2) is 7.59. The number of carbonyl (C=O) groups is 1. The molecule has 156 valence electrons. The summed E-state index contributed by atoms with van der Waals surface area (Å²) in [7, 11) is 0. The lowest BCUT2D eigenvalue weighted by Gasteiger charge is -2.22. The summed E-state index contributed by atoms with van der Waals surface area (Å²) in [5, 5.41) is 10.4. The second-order valence-electron chi connectivity index (χ2n) is 7.32. The number of benzene rings is 2. The summed E-state index contributed by atoms with van der Waals surface area (Å²) >= 11 is 7.47. The summed E-state index contributed by atoms with van der Waals surface area (Å²) in [4.78, 5) is 28.5. The van der Waals surface area contributed by atoms with Gasteiger partial charge in [0.05, 0.1) is 17.0 Å². The smallest absolute Gasteiger partial charge is 0.297 e. The molecule has 0 fully saturated rings. The van der Waals surface area contributed by atoms with Crippen molar-refractivity contribution < 1.29 is 9.21 Å².